The zero-order valence-corrected chi connectivity index (χ0v) is 20.9. The third kappa shape index (κ3) is 6.01. The van der Waals surface area contributed by atoms with Crippen LogP contribution in [0.5, 0.6) is 5.75 Å². The molecule has 1 aliphatic heterocycles. The summed E-state index contributed by atoms with van der Waals surface area (Å²) in [6, 6.07) is 14.3. The molecule has 2 aromatic carbocycles. The Hall–Kier alpha value is -3.38. The number of carbonyl (C=O) groups excluding carboxylic acids is 1. The lowest BCUT2D eigenvalue weighted by Crippen LogP contribution is -2.45. The number of hydrogen-bond acceptors (Lipinski definition) is 5. The Labute approximate surface area is 206 Å². The molecule has 1 saturated heterocycles. The van der Waals surface area contributed by atoms with Crippen LogP contribution in [-0.2, 0) is 17.8 Å². The van der Waals surface area contributed by atoms with Gasteiger partial charge in [0.25, 0.3) is 0 Å². The average Bonchev–Trinajstić information content (AvgIpc) is 2.83. The van der Waals surface area contributed by atoms with Crippen LogP contribution in [0.25, 0.3) is 11.0 Å². The molecule has 1 fully saturated rings. The van der Waals surface area contributed by atoms with Crippen molar-refractivity contribution >= 4 is 16.9 Å². The molecule has 0 bridgehead atoms. The van der Waals surface area contributed by atoms with E-state index in [0.29, 0.717) is 23.5 Å². The maximum absolute atomic E-state index is 12.8. The summed E-state index contributed by atoms with van der Waals surface area (Å²) in [5, 5.41) is 3.95. The molecule has 1 aromatic heterocycles. The predicted molar refractivity (Wildman–Crippen MR) is 139 cm³/mol. The number of nitrogens with one attached hydrogen (secondary N) is 1. The van der Waals surface area contributed by atoms with E-state index in [2.05, 4.69) is 41.1 Å². The highest BCUT2D eigenvalue weighted by molar-refractivity contribution is 5.87. The van der Waals surface area contributed by atoms with Gasteiger partial charge in [-0.2, -0.15) is 0 Å². The van der Waals surface area contributed by atoms with Crippen molar-refractivity contribution in [2.24, 2.45) is 0 Å². The molecule has 0 saturated carbocycles. The van der Waals surface area contributed by atoms with Gasteiger partial charge in [0.2, 0.25) is 5.91 Å². The SMILES string of the molecule is C=C(C)COc1ccc2c(C)c(CC(=O)NC3CCN(Cc4ccccc4)CC3)c(=O)oc2c1C. The molecule has 0 spiro atoms. The molecule has 0 radical (unpaired) electrons. The van der Waals surface area contributed by atoms with Crippen LogP contribution in [-0.4, -0.2) is 36.5 Å². The van der Waals surface area contributed by atoms with E-state index in [9.17, 15) is 9.59 Å². The fraction of sp³-hybridized carbons (Fsp3) is 0.379. The minimum atomic E-state index is -0.469. The first-order valence-corrected chi connectivity index (χ1v) is 12.2. The molecule has 6 heteroatoms. The Balaban J connectivity index is 1.39. The summed E-state index contributed by atoms with van der Waals surface area (Å²) in [6.45, 7) is 12.7. The van der Waals surface area contributed by atoms with Gasteiger partial charge in [0.15, 0.2) is 0 Å². The maximum Gasteiger partial charge on any atom is 0.340 e. The number of ether oxygens (including phenoxy) is 1. The van der Waals surface area contributed by atoms with E-state index in [-0.39, 0.29) is 18.4 Å². The number of benzene rings is 2. The number of aryl methyl sites for hydroxylation is 2. The molecule has 6 nitrogen and oxygen atoms in total. The van der Waals surface area contributed by atoms with Crippen molar-refractivity contribution in [2.45, 2.75) is 52.6 Å². The number of piperidine rings is 1. The summed E-state index contributed by atoms with van der Waals surface area (Å²) in [7, 11) is 0. The van der Waals surface area contributed by atoms with Gasteiger partial charge in [0.1, 0.15) is 17.9 Å². The van der Waals surface area contributed by atoms with Crippen LogP contribution in [0.4, 0.5) is 0 Å². The smallest absolute Gasteiger partial charge is 0.340 e. The summed E-state index contributed by atoms with van der Waals surface area (Å²) in [6.07, 6.45) is 1.81. The molecule has 1 aliphatic rings. The highest BCUT2D eigenvalue weighted by atomic mass is 16.5. The first-order chi connectivity index (χ1) is 16.8. The van der Waals surface area contributed by atoms with Crippen molar-refractivity contribution in [3.05, 3.63) is 87.3 Å². The van der Waals surface area contributed by atoms with Crippen LogP contribution in [0.15, 0.2) is 63.8 Å². The molecule has 4 rings (SSSR count). The Bertz CT molecular complexity index is 1270. The number of amides is 1. The van der Waals surface area contributed by atoms with Gasteiger partial charge in [-0.1, -0.05) is 36.9 Å². The van der Waals surface area contributed by atoms with Gasteiger partial charge in [-0.15, -0.1) is 0 Å². The minimum absolute atomic E-state index is 0.0152. The Morgan fingerprint density at radius 1 is 1.11 bits per heavy atom. The number of fused-ring (bicyclic) bond motifs is 1. The minimum Gasteiger partial charge on any atom is -0.489 e. The van der Waals surface area contributed by atoms with Crippen LogP contribution in [0.1, 0.15) is 42.0 Å². The molecule has 2 heterocycles. The highest BCUT2D eigenvalue weighted by Crippen LogP contribution is 2.29. The topological polar surface area (TPSA) is 71.8 Å². The number of likely N-dealkylation sites (tertiary alicyclic amines) is 1. The standard InChI is InChI=1S/C29H34N2O4/c1-19(2)18-34-26-11-10-24-20(3)25(29(33)35-28(24)21(26)4)16-27(32)30-23-12-14-31(15-13-23)17-22-8-6-5-7-9-22/h5-11,23H,1,12-18H2,2-4H3,(H,30,32). The third-order valence-electron chi connectivity index (χ3n) is 6.67. The Kier molecular flexibility index (Phi) is 7.71. The molecule has 35 heavy (non-hydrogen) atoms. The van der Waals surface area contributed by atoms with Crippen LogP contribution in [0, 0.1) is 13.8 Å². The van der Waals surface area contributed by atoms with Gasteiger partial charge in [-0.25, -0.2) is 4.79 Å². The van der Waals surface area contributed by atoms with Gasteiger partial charge >= 0.3 is 5.63 Å². The van der Waals surface area contributed by atoms with Crippen LogP contribution in [0.2, 0.25) is 0 Å². The average molecular weight is 475 g/mol. The van der Waals surface area contributed by atoms with Crippen molar-refractivity contribution in [1.29, 1.82) is 0 Å². The van der Waals surface area contributed by atoms with Crippen molar-refractivity contribution in [1.82, 2.24) is 10.2 Å². The molecule has 3 aromatic rings. The monoisotopic (exact) mass is 474 g/mol. The van der Waals surface area contributed by atoms with Crippen molar-refractivity contribution < 1.29 is 13.9 Å². The van der Waals surface area contributed by atoms with Gasteiger partial charge in [0, 0.05) is 36.6 Å². The molecule has 184 valence electrons. The fourth-order valence-corrected chi connectivity index (χ4v) is 4.65. The first-order valence-electron chi connectivity index (χ1n) is 12.2. The number of carbonyl (C=O) groups is 1. The molecule has 0 atom stereocenters. The highest BCUT2D eigenvalue weighted by Gasteiger charge is 2.23. The summed E-state index contributed by atoms with van der Waals surface area (Å²) < 4.78 is 11.4. The van der Waals surface area contributed by atoms with Gasteiger partial charge < -0.3 is 14.5 Å². The van der Waals surface area contributed by atoms with Crippen molar-refractivity contribution in [3.8, 4) is 5.75 Å². The first kappa shape index (κ1) is 24.7. The molecular weight excluding hydrogens is 440 g/mol. The Morgan fingerprint density at radius 3 is 2.51 bits per heavy atom. The number of nitrogens with zero attached hydrogens (tertiary/aromatic N) is 1. The van der Waals surface area contributed by atoms with Gasteiger partial charge in [0.05, 0.1) is 12.0 Å². The summed E-state index contributed by atoms with van der Waals surface area (Å²) in [5.41, 5.74) is 4.19. The van der Waals surface area contributed by atoms with E-state index in [1.54, 1.807) is 0 Å². The summed E-state index contributed by atoms with van der Waals surface area (Å²) >= 11 is 0. The van der Waals surface area contributed by atoms with Crippen molar-refractivity contribution in [2.75, 3.05) is 19.7 Å². The van der Waals surface area contributed by atoms with E-state index < -0.39 is 5.63 Å². The van der Waals surface area contributed by atoms with E-state index in [4.69, 9.17) is 9.15 Å². The molecule has 0 aliphatic carbocycles. The molecular formula is C29H34N2O4. The second-order valence-electron chi connectivity index (χ2n) is 9.58. The second kappa shape index (κ2) is 10.9. The van der Waals surface area contributed by atoms with E-state index in [1.165, 1.54) is 5.56 Å². The third-order valence-corrected chi connectivity index (χ3v) is 6.67. The normalized spacial score (nSPS) is 14.7. The largest absolute Gasteiger partial charge is 0.489 e. The van der Waals surface area contributed by atoms with Crippen LogP contribution >= 0.6 is 0 Å². The predicted octanol–water partition coefficient (Wildman–Crippen LogP) is 4.69. The lowest BCUT2D eigenvalue weighted by Gasteiger charge is -2.32. The molecule has 0 unspecified atom stereocenters. The lowest BCUT2D eigenvalue weighted by atomic mass is 10.00. The Morgan fingerprint density at radius 2 is 1.83 bits per heavy atom. The van der Waals surface area contributed by atoms with Crippen LogP contribution < -0.4 is 15.7 Å². The molecule has 1 N–H and O–H groups in total. The summed E-state index contributed by atoms with van der Waals surface area (Å²) in [4.78, 5) is 28.1. The van der Waals surface area contributed by atoms with Crippen molar-refractivity contribution in [3.63, 3.8) is 0 Å². The quantitative estimate of drug-likeness (QED) is 0.379. The van der Waals surface area contributed by atoms with E-state index in [1.807, 2.05) is 39.0 Å². The second-order valence-corrected chi connectivity index (χ2v) is 9.58. The van der Waals surface area contributed by atoms with E-state index >= 15 is 0 Å². The zero-order valence-electron chi connectivity index (χ0n) is 20.9. The molecule has 1 amide bonds. The van der Waals surface area contributed by atoms with E-state index in [0.717, 1.165) is 54.6 Å². The summed E-state index contributed by atoms with van der Waals surface area (Å²) in [5.74, 6) is 0.520. The number of hydrogen-bond donors (Lipinski definition) is 1. The van der Waals surface area contributed by atoms with Crippen LogP contribution in [0.3, 0.4) is 0 Å². The fourth-order valence-electron chi connectivity index (χ4n) is 4.65. The maximum atomic E-state index is 12.8. The number of rotatable bonds is 8. The zero-order chi connectivity index (χ0) is 24.9. The lowest BCUT2D eigenvalue weighted by molar-refractivity contribution is -0.121. The van der Waals surface area contributed by atoms with Gasteiger partial charge in [-0.05, 0) is 62.4 Å². The van der Waals surface area contributed by atoms with Gasteiger partial charge in [-0.3, -0.25) is 9.69 Å².